The molecule has 4 rings (SSSR count). The van der Waals surface area contributed by atoms with Crippen LogP contribution in [0.2, 0.25) is 5.02 Å². The first-order valence-corrected chi connectivity index (χ1v) is 10.9. The molecule has 1 aliphatic rings. The summed E-state index contributed by atoms with van der Waals surface area (Å²) in [4.78, 5) is 21.4. The van der Waals surface area contributed by atoms with E-state index in [9.17, 15) is 4.79 Å². The molecule has 0 aliphatic carbocycles. The number of benzene rings is 2. The van der Waals surface area contributed by atoms with Crippen LogP contribution in [0.25, 0.3) is 11.4 Å². The summed E-state index contributed by atoms with van der Waals surface area (Å²) in [7, 11) is 2.15. The summed E-state index contributed by atoms with van der Waals surface area (Å²) in [5.41, 5.74) is 2.85. The van der Waals surface area contributed by atoms with Crippen molar-refractivity contribution in [1.29, 1.82) is 0 Å². The Hall–Kier alpha value is -2.90. The number of nitrogens with zero attached hydrogens (tertiary/aromatic N) is 4. The molecule has 1 fully saturated rings. The maximum atomic E-state index is 12.3. The van der Waals surface area contributed by atoms with E-state index in [0.717, 1.165) is 37.4 Å². The molecule has 31 heavy (non-hydrogen) atoms. The van der Waals surface area contributed by atoms with Crippen LogP contribution in [0.5, 0.6) is 0 Å². The summed E-state index contributed by atoms with van der Waals surface area (Å²) in [6.45, 7) is 4.19. The SMILES string of the molecule is CN1CCN(c2ccc(NC(=O)CCCc3nc(-c4ccc(Cl)cc4)no3)cc2)CC1. The van der Waals surface area contributed by atoms with Gasteiger partial charge in [-0.3, -0.25) is 4.79 Å². The van der Waals surface area contributed by atoms with Gasteiger partial charge in [-0.15, -0.1) is 0 Å². The molecule has 2 heterocycles. The second-order valence-corrected chi connectivity index (χ2v) is 8.19. The van der Waals surface area contributed by atoms with Crippen molar-refractivity contribution in [2.75, 3.05) is 43.4 Å². The number of halogens is 1. The number of rotatable bonds is 7. The van der Waals surface area contributed by atoms with Crippen molar-refractivity contribution in [2.45, 2.75) is 19.3 Å². The van der Waals surface area contributed by atoms with E-state index >= 15 is 0 Å². The monoisotopic (exact) mass is 439 g/mol. The highest BCUT2D eigenvalue weighted by Gasteiger charge is 2.14. The molecule has 2 aromatic carbocycles. The molecule has 7 nitrogen and oxygen atoms in total. The molecular formula is C23H26ClN5O2. The summed E-state index contributed by atoms with van der Waals surface area (Å²) >= 11 is 5.90. The second kappa shape index (κ2) is 9.94. The average Bonchev–Trinajstić information content (AvgIpc) is 3.24. The lowest BCUT2D eigenvalue weighted by atomic mass is 10.2. The first kappa shape index (κ1) is 21.3. The van der Waals surface area contributed by atoms with Crippen LogP contribution in [0.15, 0.2) is 53.1 Å². The third kappa shape index (κ3) is 5.83. The number of hydrogen-bond acceptors (Lipinski definition) is 6. The van der Waals surface area contributed by atoms with Crippen LogP contribution in [0.3, 0.4) is 0 Å². The van der Waals surface area contributed by atoms with Crippen LogP contribution in [0.1, 0.15) is 18.7 Å². The Morgan fingerprint density at radius 2 is 1.77 bits per heavy atom. The van der Waals surface area contributed by atoms with E-state index in [2.05, 4.69) is 44.4 Å². The highest BCUT2D eigenvalue weighted by Crippen LogP contribution is 2.21. The summed E-state index contributed by atoms with van der Waals surface area (Å²) in [5, 5.41) is 7.61. The molecule has 0 saturated carbocycles. The first-order chi connectivity index (χ1) is 15.1. The van der Waals surface area contributed by atoms with Gasteiger partial charge in [0.15, 0.2) is 0 Å². The minimum atomic E-state index is -0.0233. The largest absolute Gasteiger partial charge is 0.369 e. The van der Waals surface area contributed by atoms with Gasteiger partial charge in [-0.2, -0.15) is 4.98 Å². The molecule has 1 aromatic heterocycles. The van der Waals surface area contributed by atoms with Crippen LogP contribution in [-0.4, -0.2) is 54.2 Å². The van der Waals surface area contributed by atoms with Crippen molar-refractivity contribution < 1.29 is 9.32 Å². The molecule has 1 saturated heterocycles. The van der Waals surface area contributed by atoms with E-state index in [-0.39, 0.29) is 5.91 Å². The molecule has 0 atom stereocenters. The fourth-order valence-corrected chi connectivity index (χ4v) is 3.64. The van der Waals surface area contributed by atoms with Gasteiger partial charge < -0.3 is 19.6 Å². The third-order valence-corrected chi connectivity index (χ3v) is 5.64. The van der Waals surface area contributed by atoms with Crippen LogP contribution in [-0.2, 0) is 11.2 Å². The summed E-state index contributed by atoms with van der Waals surface area (Å²) in [5.74, 6) is 1.02. The lowest BCUT2D eigenvalue weighted by Gasteiger charge is -2.34. The second-order valence-electron chi connectivity index (χ2n) is 7.76. The molecule has 1 amide bonds. The number of nitrogens with one attached hydrogen (secondary N) is 1. The van der Waals surface area contributed by atoms with Gasteiger partial charge in [0.1, 0.15) is 0 Å². The number of hydrogen-bond donors (Lipinski definition) is 1. The third-order valence-electron chi connectivity index (χ3n) is 5.38. The predicted octanol–water partition coefficient (Wildman–Crippen LogP) is 4.10. The van der Waals surface area contributed by atoms with E-state index in [1.807, 2.05) is 24.3 Å². The Labute approximate surface area is 187 Å². The molecule has 8 heteroatoms. The summed E-state index contributed by atoms with van der Waals surface area (Å²) < 4.78 is 5.29. The topological polar surface area (TPSA) is 74.5 Å². The molecule has 3 aromatic rings. The summed E-state index contributed by atoms with van der Waals surface area (Å²) in [6.07, 6.45) is 1.57. The number of amides is 1. The van der Waals surface area contributed by atoms with Crippen molar-refractivity contribution in [3.05, 3.63) is 59.4 Å². The quantitative estimate of drug-likeness (QED) is 0.597. The maximum Gasteiger partial charge on any atom is 0.226 e. The van der Waals surface area contributed by atoms with Gasteiger partial charge >= 0.3 is 0 Å². The van der Waals surface area contributed by atoms with Crippen molar-refractivity contribution >= 4 is 28.9 Å². The molecule has 0 bridgehead atoms. The van der Waals surface area contributed by atoms with Gasteiger partial charge in [-0.05, 0) is 62.0 Å². The first-order valence-electron chi connectivity index (χ1n) is 10.5. The number of likely N-dealkylation sites (N-methyl/N-ethyl adjacent to an activating group) is 1. The van der Waals surface area contributed by atoms with Crippen molar-refractivity contribution in [3.63, 3.8) is 0 Å². The zero-order valence-corrected chi connectivity index (χ0v) is 18.3. The van der Waals surface area contributed by atoms with Gasteiger partial charge in [0, 0.05) is 61.0 Å². The minimum absolute atomic E-state index is 0.0233. The van der Waals surface area contributed by atoms with Crippen molar-refractivity contribution in [2.24, 2.45) is 0 Å². The van der Waals surface area contributed by atoms with Crippen LogP contribution >= 0.6 is 11.6 Å². The highest BCUT2D eigenvalue weighted by molar-refractivity contribution is 6.30. The van der Waals surface area contributed by atoms with Gasteiger partial charge in [0.2, 0.25) is 17.6 Å². The molecule has 0 unspecified atom stereocenters. The van der Waals surface area contributed by atoms with Crippen LogP contribution in [0.4, 0.5) is 11.4 Å². The van der Waals surface area contributed by atoms with Crippen molar-refractivity contribution in [3.8, 4) is 11.4 Å². The smallest absolute Gasteiger partial charge is 0.226 e. The van der Waals surface area contributed by atoms with E-state index < -0.39 is 0 Å². The van der Waals surface area contributed by atoms with E-state index in [4.69, 9.17) is 16.1 Å². The fraction of sp³-hybridized carbons (Fsp3) is 0.348. The number of piperazine rings is 1. The zero-order valence-electron chi connectivity index (χ0n) is 17.6. The molecule has 162 valence electrons. The Morgan fingerprint density at radius 1 is 1.06 bits per heavy atom. The predicted molar refractivity (Wildman–Crippen MR) is 122 cm³/mol. The molecule has 1 N–H and O–H groups in total. The lowest BCUT2D eigenvalue weighted by Crippen LogP contribution is -2.44. The van der Waals surface area contributed by atoms with Crippen LogP contribution in [0, 0.1) is 0 Å². The van der Waals surface area contributed by atoms with Gasteiger partial charge in [-0.1, -0.05) is 16.8 Å². The molecule has 1 aliphatic heterocycles. The Kier molecular flexibility index (Phi) is 6.84. The van der Waals surface area contributed by atoms with Gasteiger partial charge in [0.05, 0.1) is 0 Å². The molecule has 0 spiro atoms. The lowest BCUT2D eigenvalue weighted by molar-refractivity contribution is -0.116. The number of carbonyl (C=O) groups excluding carboxylic acids is 1. The molecular weight excluding hydrogens is 414 g/mol. The number of carbonyl (C=O) groups is 1. The number of aromatic nitrogens is 2. The zero-order chi connectivity index (χ0) is 21.6. The van der Waals surface area contributed by atoms with Crippen molar-refractivity contribution in [1.82, 2.24) is 15.0 Å². The van der Waals surface area contributed by atoms with Gasteiger partial charge in [0.25, 0.3) is 0 Å². The minimum Gasteiger partial charge on any atom is -0.369 e. The summed E-state index contributed by atoms with van der Waals surface area (Å²) in [6, 6.07) is 15.3. The van der Waals surface area contributed by atoms with Gasteiger partial charge in [-0.25, -0.2) is 0 Å². The number of aryl methyl sites for hydroxylation is 1. The Bertz CT molecular complexity index is 996. The standard InChI is InChI=1S/C23H26ClN5O2/c1-28-13-15-29(16-14-28)20-11-9-19(10-12-20)25-21(30)3-2-4-22-26-23(27-31-22)17-5-7-18(24)8-6-17/h5-12H,2-4,13-16H2,1H3,(H,25,30). The van der Waals surface area contributed by atoms with E-state index in [1.165, 1.54) is 5.69 Å². The van der Waals surface area contributed by atoms with E-state index in [0.29, 0.717) is 36.0 Å². The maximum absolute atomic E-state index is 12.3. The molecule has 0 radical (unpaired) electrons. The van der Waals surface area contributed by atoms with E-state index in [1.54, 1.807) is 12.1 Å². The highest BCUT2D eigenvalue weighted by atomic mass is 35.5. The Morgan fingerprint density at radius 3 is 2.48 bits per heavy atom. The van der Waals surface area contributed by atoms with Crippen LogP contribution < -0.4 is 10.2 Å². The number of anilines is 2. The Balaban J connectivity index is 1.22. The average molecular weight is 440 g/mol. The fourth-order valence-electron chi connectivity index (χ4n) is 3.52. The normalized spacial score (nSPS) is 14.6.